The minimum Gasteiger partial charge on any atom is -0.436 e. The van der Waals surface area contributed by atoms with Crippen LogP contribution in [0.15, 0.2) is 29.2 Å². The fourth-order valence-electron chi connectivity index (χ4n) is 4.89. The van der Waals surface area contributed by atoms with E-state index in [0.717, 1.165) is 24.3 Å². The molecule has 2 amide bonds. The number of nitrogens with zero attached hydrogens (tertiary/aromatic N) is 1. The Balaban J connectivity index is 1.69. The number of carbonyl (C=O) groups excluding carboxylic acids is 2. The zero-order chi connectivity index (χ0) is 27.9. The van der Waals surface area contributed by atoms with Gasteiger partial charge >= 0.3 is 12.3 Å². The first kappa shape index (κ1) is 29.2. The molecule has 8 nitrogen and oxygen atoms in total. The average molecular weight is 548 g/mol. The molecule has 2 fully saturated rings. The number of ether oxygens (including phenoxy) is 1. The van der Waals surface area contributed by atoms with Crippen LogP contribution in [0, 0.1) is 17.8 Å². The van der Waals surface area contributed by atoms with Gasteiger partial charge in [0.15, 0.2) is 15.9 Å². The number of fused-ring (bicyclic) bond motifs is 1. The molecule has 5 atom stereocenters. The van der Waals surface area contributed by atoms with Crippen LogP contribution in [0.5, 0.6) is 0 Å². The lowest BCUT2D eigenvalue weighted by Gasteiger charge is -2.33. The first-order chi connectivity index (χ1) is 16.9. The number of carbonyl (C=O) groups is 2. The molecule has 1 aromatic carbocycles. The molecule has 1 aliphatic heterocycles. The Morgan fingerprint density at radius 2 is 1.68 bits per heavy atom. The monoisotopic (exact) mass is 547 g/mol. The Morgan fingerprint density at radius 3 is 2.19 bits per heavy atom. The summed E-state index contributed by atoms with van der Waals surface area (Å²) in [4.78, 5) is 26.9. The van der Waals surface area contributed by atoms with Crippen LogP contribution < -0.4 is 10.6 Å². The molecular weight excluding hydrogens is 511 g/mol. The standard InChI is InChI=1S/C25H36F3N3O5S/c1-14(2)20(36-23(33)31(6)24(3,4)5)21(32)30-19-12-11-17-18(19)13-29-22(17)37(34,35)16-9-7-15(8-10-16)25(26,27)28/h7-10,14,17-20,22,29H,11-13H2,1-6H3,(H,30,32)/t17-,18+,19-,20+,22-/m1/s1. The molecule has 1 saturated carbocycles. The van der Waals surface area contributed by atoms with E-state index in [9.17, 15) is 31.2 Å². The van der Waals surface area contributed by atoms with Gasteiger partial charge in [-0.2, -0.15) is 13.2 Å². The van der Waals surface area contributed by atoms with Crippen LogP contribution in [0.2, 0.25) is 0 Å². The Labute approximate surface area is 216 Å². The highest BCUT2D eigenvalue weighted by atomic mass is 32.2. The van der Waals surface area contributed by atoms with Crippen molar-refractivity contribution < 1.29 is 35.9 Å². The van der Waals surface area contributed by atoms with Crippen LogP contribution in [0.1, 0.15) is 53.0 Å². The molecule has 0 unspecified atom stereocenters. The van der Waals surface area contributed by atoms with Crippen molar-refractivity contribution in [3.8, 4) is 0 Å². The van der Waals surface area contributed by atoms with E-state index in [-0.39, 0.29) is 28.7 Å². The van der Waals surface area contributed by atoms with E-state index in [1.165, 1.54) is 4.90 Å². The summed E-state index contributed by atoms with van der Waals surface area (Å²) in [6, 6.07) is 3.18. The molecule has 1 aromatic rings. The fraction of sp³-hybridized carbons (Fsp3) is 0.680. The van der Waals surface area contributed by atoms with Crippen LogP contribution in [0.3, 0.4) is 0 Å². The zero-order valence-electron chi connectivity index (χ0n) is 21.9. The molecule has 0 bridgehead atoms. The fourth-order valence-corrected chi connectivity index (χ4v) is 6.81. The van der Waals surface area contributed by atoms with E-state index in [0.29, 0.717) is 19.4 Å². The van der Waals surface area contributed by atoms with Crippen molar-refractivity contribution in [1.29, 1.82) is 0 Å². The second-order valence-corrected chi connectivity index (χ2v) is 13.3. The number of hydrogen-bond donors (Lipinski definition) is 2. The van der Waals surface area contributed by atoms with Gasteiger partial charge in [-0.1, -0.05) is 13.8 Å². The van der Waals surface area contributed by atoms with Crippen LogP contribution >= 0.6 is 0 Å². The highest BCUT2D eigenvalue weighted by Crippen LogP contribution is 2.42. The third-order valence-corrected chi connectivity index (χ3v) is 9.48. The van der Waals surface area contributed by atoms with Crippen molar-refractivity contribution in [1.82, 2.24) is 15.5 Å². The summed E-state index contributed by atoms with van der Waals surface area (Å²) in [6.45, 7) is 9.42. The molecule has 1 heterocycles. The predicted molar refractivity (Wildman–Crippen MR) is 131 cm³/mol. The van der Waals surface area contributed by atoms with E-state index in [1.54, 1.807) is 20.9 Å². The molecule has 37 heavy (non-hydrogen) atoms. The number of amides is 2. The minimum atomic E-state index is -4.56. The third kappa shape index (κ3) is 6.22. The molecule has 3 rings (SSSR count). The molecule has 1 aliphatic carbocycles. The minimum absolute atomic E-state index is 0.180. The van der Waals surface area contributed by atoms with Gasteiger partial charge in [0.1, 0.15) is 5.37 Å². The molecule has 12 heteroatoms. The van der Waals surface area contributed by atoms with Gasteiger partial charge in [0.25, 0.3) is 5.91 Å². The molecule has 0 spiro atoms. The summed E-state index contributed by atoms with van der Waals surface area (Å²) in [6.07, 6.45) is -5.12. The lowest BCUT2D eigenvalue weighted by atomic mass is 9.97. The number of nitrogens with one attached hydrogen (secondary N) is 2. The number of benzene rings is 1. The van der Waals surface area contributed by atoms with Gasteiger partial charge in [0, 0.05) is 25.2 Å². The number of rotatable bonds is 6. The maximum atomic E-state index is 13.2. The number of hydrogen-bond acceptors (Lipinski definition) is 6. The second-order valence-electron chi connectivity index (χ2n) is 11.2. The van der Waals surface area contributed by atoms with E-state index in [4.69, 9.17) is 4.74 Å². The Kier molecular flexibility index (Phi) is 8.24. The van der Waals surface area contributed by atoms with Gasteiger partial charge in [-0.3, -0.25) is 4.79 Å². The highest BCUT2D eigenvalue weighted by Gasteiger charge is 2.51. The van der Waals surface area contributed by atoms with Gasteiger partial charge in [0.05, 0.1) is 10.5 Å². The Bertz CT molecular complexity index is 1100. The van der Waals surface area contributed by atoms with E-state index >= 15 is 0 Å². The van der Waals surface area contributed by atoms with Gasteiger partial charge in [-0.25, -0.2) is 13.2 Å². The second kappa shape index (κ2) is 10.4. The summed E-state index contributed by atoms with van der Waals surface area (Å²) in [5.74, 6) is -1.22. The van der Waals surface area contributed by atoms with Gasteiger partial charge in [-0.05, 0) is 75.6 Å². The van der Waals surface area contributed by atoms with Crippen molar-refractivity contribution in [2.75, 3.05) is 13.6 Å². The van der Waals surface area contributed by atoms with E-state index < -0.39 is 50.6 Å². The first-order valence-corrected chi connectivity index (χ1v) is 13.9. The van der Waals surface area contributed by atoms with Crippen LogP contribution in [-0.2, 0) is 25.5 Å². The Morgan fingerprint density at radius 1 is 1.08 bits per heavy atom. The average Bonchev–Trinajstić information content (AvgIpc) is 3.38. The SMILES string of the molecule is CC(C)[C@H](OC(=O)N(C)C(C)(C)C)C(=O)N[C@@H]1CC[C@@H]2[C@@H]1CN[C@@H]2S(=O)(=O)c1ccc(C(F)(F)F)cc1. The largest absolute Gasteiger partial charge is 0.436 e. The quantitative estimate of drug-likeness (QED) is 0.561. The molecule has 2 N–H and O–H groups in total. The Hall–Kier alpha value is -2.34. The van der Waals surface area contributed by atoms with E-state index in [2.05, 4.69) is 10.6 Å². The molecular formula is C25H36F3N3O5S. The van der Waals surface area contributed by atoms with Gasteiger partial charge in [0.2, 0.25) is 0 Å². The molecule has 2 aliphatic rings. The normalized spacial score (nSPS) is 25.0. The van der Waals surface area contributed by atoms with Gasteiger partial charge in [-0.15, -0.1) is 0 Å². The lowest BCUT2D eigenvalue weighted by Crippen LogP contribution is -2.50. The van der Waals surface area contributed by atoms with Crippen molar-refractivity contribution in [2.24, 2.45) is 17.8 Å². The smallest absolute Gasteiger partial charge is 0.416 e. The summed E-state index contributed by atoms with van der Waals surface area (Å²) in [5.41, 5.74) is -1.40. The number of alkyl halides is 3. The predicted octanol–water partition coefficient (Wildman–Crippen LogP) is 3.81. The first-order valence-electron chi connectivity index (χ1n) is 12.3. The van der Waals surface area contributed by atoms with Crippen LogP contribution in [0.4, 0.5) is 18.0 Å². The van der Waals surface area contributed by atoms with Crippen LogP contribution in [-0.4, -0.2) is 62.0 Å². The number of halogens is 3. The van der Waals surface area contributed by atoms with E-state index in [1.807, 2.05) is 20.8 Å². The van der Waals surface area contributed by atoms with Crippen molar-refractivity contribution in [2.45, 2.75) is 81.6 Å². The molecule has 0 aromatic heterocycles. The third-order valence-electron chi connectivity index (χ3n) is 7.37. The summed E-state index contributed by atoms with van der Waals surface area (Å²) in [7, 11) is -2.34. The summed E-state index contributed by atoms with van der Waals surface area (Å²) in [5, 5.41) is 5.00. The van der Waals surface area contributed by atoms with Crippen molar-refractivity contribution >= 4 is 21.8 Å². The van der Waals surface area contributed by atoms with Crippen molar-refractivity contribution in [3.63, 3.8) is 0 Å². The number of sulfone groups is 1. The molecule has 208 valence electrons. The summed E-state index contributed by atoms with van der Waals surface area (Å²) >= 11 is 0. The maximum Gasteiger partial charge on any atom is 0.416 e. The molecule has 1 saturated heterocycles. The van der Waals surface area contributed by atoms with Crippen molar-refractivity contribution in [3.05, 3.63) is 29.8 Å². The van der Waals surface area contributed by atoms with Gasteiger partial charge < -0.3 is 20.3 Å². The highest BCUT2D eigenvalue weighted by molar-refractivity contribution is 7.92. The zero-order valence-corrected chi connectivity index (χ0v) is 22.7. The molecule has 0 radical (unpaired) electrons. The van der Waals surface area contributed by atoms with Crippen LogP contribution in [0.25, 0.3) is 0 Å². The maximum absolute atomic E-state index is 13.2. The topological polar surface area (TPSA) is 105 Å². The summed E-state index contributed by atoms with van der Waals surface area (Å²) < 4.78 is 70.7. The lowest BCUT2D eigenvalue weighted by molar-refractivity contribution is -0.137.